The zero-order valence-electron chi connectivity index (χ0n) is 9.23. The van der Waals surface area contributed by atoms with E-state index in [-0.39, 0.29) is 5.60 Å². The van der Waals surface area contributed by atoms with Gasteiger partial charge < -0.3 is 10.2 Å². The van der Waals surface area contributed by atoms with Crippen molar-refractivity contribution < 1.29 is 4.43 Å². The summed E-state index contributed by atoms with van der Waals surface area (Å²) in [5.41, 5.74) is 5.52. The van der Waals surface area contributed by atoms with E-state index < -0.39 is 0 Å². The second-order valence-electron chi connectivity index (χ2n) is 3.65. The topological polar surface area (TPSA) is 35.2 Å². The summed E-state index contributed by atoms with van der Waals surface area (Å²) in [5.74, 6) is 0. The monoisotopic (exact) mass is 201 g/mol. The largest absolute Gasteiger partial charge is 0.412 e. The standard InChI is InChI=1S/C10H23NOSi/c1-4-10(3,5-2)12-13-9-7-6-8-11/h4-9,11H2,1-3H3. The Morgan fingerprint density at radius 1 is 1.23 bits per heavy atom. The van der Waals surface area contributed by atoms with E-state index in [9.17, 15) is 0 Å². The van der Waals surface area contributed by atoms with E-state index in [1.165, 1.54) is 12.5 Å². The highest BCUT2D eigenvalue weighted by Gasteiger charge is 2.19. The van der Waals surface area contributed by atoms with Gasteiger partial charge in [-0.2, -0.15) is 0 Å². The average molecular weight is 201 g/mol. The van der Waals surface area contributed by atoms with Crippen molar-refractivity contribution >= 4 is 9.76 Å². The van der Waals surface area contributed by atoms with Crippen molar-refractivity contribution in [2.75, 3.05) is 6.54 Å². The summed E-state index contributed by atoms with van der Waals surface area (Å²) in [7, 11) is 0.652. The van der Waals surface area contributed by atoms with Crippen LogP contribution in [0.25, 0.3) is 0 Å². The van der Waals surface area contributed by atoms with Crippen LogP contribution in [0.15, 0.2) is 0 Å². The lowest BCUT2D eigenvalue weighted by atomic mass is 10.0. The third kappa shape index (κ3) is 6.24. The molecule has 0 unspecified atom stereocenters. The molecule has 0 aliphatic heterocycles. The average Bonchev–Trinajstić information content (AvgIpc) is 2.17. The molecule has 0 bridgehead atoms. The molecule has 13 heavy (non-hydrogen) atoms. The lowest BCUT2D eigenvalue weighted by Crippen LogP contribution is -2.28. The van der Waals surface area contributed by atoms with Gasteiger partial charge in [0.1, 0.15) is 0 Å². The fourth-order valence-corrected chi connectivity index (χ4v) is 2.09. The molecule has 0 aliphatic rings. The normalized spacial score (nSPS) is 12.0. The number of hydrogen-bond donors (Lipinski definition) is 1. The molecule has 3 heteroatoms. The van der Waals surface area contributed by atoms with Gasteiger partial charge in [0.15, 0.2) is 0 Å². The molecule has 0 saturated carbocycles. The molecule has 2 nitrogen and oxygen atoms in total. The summed E-state index contributed by atoms with van der Waals surface area (Å²) in [6.45, 7) is 7.38. The molecule has 0 amide bonds. The summed E-state index contributed by atoms with van der Waals surface area (Å²) in [4.78, 5) is 0. The van der Waals surface area contributed by atoms with Crippen LogP contribution in [0, 0.1) is 0 Å². The van der Waals surface area contributed by atoms with Crippen LogP contribution in [-0.4, -0.2) is 21.9 Å². The molecular weight excluding hydrogens is 178 g/mol. The van der Waals surface area contributed by atoms with Gasteiger partial charge in [-0.1, -0.05) is 20.3 Å². The fraction of sp³-hybridized carbons (Fsp3) is 1.00. The quantitative estimate of drug-likeness (QED) is 0.483. The van der Waals surface area contributed by atoms with Gasteiger partial charge in [-0.3, -0.25) is 0 Å². The Morgan fingerprint density at radius 3 is 2.31 bits per heavy atom. The smallest absolute Gasteiger partial charge is 0.230 e. The molecular formula is C10H23NOSi. The number of hydrogen-bond acceptors (Lipinski definition) is 2. The molecule has 0 atom stereocenters. The number of nitrogens with two attached hydrogens (primary N) is 1. The Labute approximate surface area is 85.2 Å². The molecule has 2 N–H and O–H groups in total. The summed E-state index contributed by atoms with van der Waals surface area (Å²) in [6.07, 6.45) is 4.55. The molecule has 0 spiro atoms. The molecule has 0 fully saturated rings. The first-order chi connectivity index (χ1) is 6.18. The van der Waals surface area contributed by atoms with E-state index in [4.69, 9.17) is 10.2 Å². The first-order valence-corrected chi connectivity index (χ1v) is 6.41. The highest BCUT2D eigenvalue weighted by atomic mass is 28.2. The van der Waals surface area contributed by atoms with Gasteiger partial charge in [0.05, 0.1) is 5.60 Å². The van der Waals surface area contributed by atoms with Crippen molar-refractivity contribution in [2.45, 2.75) is 58.1 Å². The maximum absolute atomic E-state index is 5.86. The maximum atomic E-state index is 5.86. The third-order valence-electron chi connectivity index (χ3n) is 2.55. The number of unbranched alkanes of at least 4 members (excludes halogenated alkanes) is 1. The summed E-state index contributed by atoms with van der Waals surface area (Å²) in [6, 6.07) is 1.17. The van der Waals surface area contributed by atoms with E-state index in [1.807, 2.05) is 0 Å². The maximum Gasteiger partial charge on any atom is 0.230 e. The van der Waals surface area contributed by atoms with Crippen molar-refractivity contribution in [1.82, 2.24) is 0 Å². The van der Waals surface area contributed by atoms with Crippen LogP contribution in [0.1, 0.15) is 46.5 Å². The van der Waals surface area contributed by atoms with E-state index in [0.717, 1.165) is 25.8 Å². The van der Waals surface area contributed by atoms with Gasteiger partial charge in [-0.15, -0.1) is 0 Å². The van der Waals surface area contributed by atoms with E-state index in [2.05, 4.69) is 20.8 Å². The van der Waals surface area contributed by atoms with Gasteiger partial charge in [0, 0.05) is 0 Å². The van der Waals surface area contributed by atoms with Crippen molar-refractivity contribution in [3.05, 3.63) is 0 Å². The first-order valence-electron chi connectivity index (χ1n) is 5.29. The predicted molar refractivity (Wildman–Crippen MR) is 58.9 cm³/mol. The van der Waals surface area contributed by atoms with Gasteiger partial charge in [-0.25, -0.2) is 0 Å². The van der Waals surface area contributed by atoms with Crippen LogP contribution >= 0.6 is 0 Å². The molecule has 0 heterocycles. The van der Waals surface area contributed by atoms with Gasteiger partial charge in [0.25, 0.3) is 0 Å². The Hall–Kier alpha value is 0.137. The van der Waals surface area contributed by atoms with E-state index in [0.29, 0.717) is 9.76 Å². The van der Waals surface area contributed by atoms with Crippen LogP contribution < -0.4 is 5.73 Å². The highest BCUT2D eigenvalue weighted by molar-refractivity contribution is 6.27. The lowest BCUT2D eigenvalue weighted by molar-refractivity contribution is 0.0850. The molecule has 78 valence electrons. The zero-order chi connectivity index (χ0) is 10.2. The summed E-state index contributed by atoms with van der Waals surface area (Å²) >= 11 is 0. The SMILES string of the molecule is CCC(C)(CC)O[Si]CCCCN. The molecule has 0 aliphatic carbocycles. The van der Waals surface area contributed by atoms with Crippen molar-refractivity contribution in [3.63, 3.8) is 0 Å². The number of rotatable bonds is 8. The second kappa shape index (κ2) is 7.53. The van der Waals surface area contributed by atoms with Gasteiger partial charge in [0.2, 0.25) is 9.76 Å². The Balaban J connectivity index is 3.39. The van der Waals surface area contributed by atoms with Crippen LogP contribution in [-0.2, 0) is 4.43 Å². The minimum Gasteiger partial charge on any atom is -0.412 e. The first kappa shape index (κ1) is 13.1. The summed E-state index contributed by atoms with van der Waals surface area (Å²) < 4.78 is 5.86. The van der Waals surface area contributed by atoms with Crippen LogP contribution in [0.2, 0.25) is 6.04 Å². The summed E-state index contributed by atoms with van der Waals surface area (Å²) in [5, 5.41) is 0. The van der Waals surface area contributed by atoms with Crippen molar-refractivity contribution in [2.24, 2.45) is 5.73 Å². The van der Waals surface area contributed by atoms with Crippen molar-refractivity contribution in [3.8, 4) is 0 Å². The minimum atomic E-state index is 0.112. The Kier molecular flexibility index (Phi) is 7.61. The zero-order valence-corrected chi connectivity index (χ0v) is 10.2. The predicted octanol–water partition coefficient (Wildman–Crippen LogP) is 2.36. The van der Waals surface area contributed by atoms with Crippen LogP contribution in [0.3, 0.4) is 0 Å². The molecule has 0 saturated heterocycles. The minimum absolute atomic E-state index is 0.112. The van der Waals surface area contributed by atoms with Gasteiger partial charge >= 0.3 is 0 Å². The highest BCUT2D eigenvalue weighted by Crippen LogP contribution is 2.18. The van der Waals surface area contributed by atoms with Crippen LogP contribution in [0.5, 0.6) is 0 Å². The van der Waals surface area contributed by atoms with Gasteiger partial charge in [-0.05, 0) is 38.8 Å². The lowest BCUT2D eigenvalue weighted by Gasteiger charge is -2.27. The molecule has 2 radical (unpaired) electrons. The van der Waals surface area contributed by atoms with E-state index in [1.54, 1.807) is 0 Å². The van der Waals surface area contributed by atoms with Crippen molar-refractivity contribution in [1.29, 1.82) is 0 Å². The molecule has 0 rings (SSSR count). The van der Waals surface area contributed by atoms with E-state index >= 15 is 0 Å². The molecule has 0 aromatic rings. The molecule has 0 aromatic heterocycles. The van der Waals surface area contributed by atoms with Crippen LogP contribution in [0.4, 0.5) is 0 Å². The third-order valence-corrected chi connectivity index (χ3v) is 3.74. The Bertz CT molecular complexity index is 115. The molecule has 0 aromatic carbocycles. The Morgan fingerprint density at radius 2 is 1.85 bits per heavy atom. The second-order valence-corrected chi connectivity index (χ2v) is 4.64. The fourth-order valence-electron chi connectivity index (χ4n) is 0.961.